The summed E-state index contributed by atoms with van der Waals surface area (Å²) in [6.45, 7) is 0. The molecular formula is C4H4O2S2. The standard InChI is InChI=1S/C4H4O2S2/c5-7-3-1-2-4-8(7)6/h1-4H. The average Bonchev–Trinajstić information content (AvgIpc) is 1.77. The Kier molecular flexibility index (Phi) is 1.75. The van der Waals surface area contributed by atoms with E-state index in [9.17, 15) is 8.42 Å². The van der Waals surface area contributed by atoms with Gasteiger partial charge in [-0.2, -0.15) is 0 Å². The molecule has 8 heavy (non-hydrogen) atoms. The fourth-order valence-corrected chi connectivity index (χ4v) is 2.03. The molecule has 0 aliphatic carbocycles. The first-order chi connectivity index (χ1) is 3.80. The highest BCUT2D eigenvalue weighted by Gasteiger charge is 2.02. The first-order valence-corrected chi connectivity index (χ1v) is 4.91. The fourth-order valence-electron chi connectivity index (χ4n) is 0.329. The lowest BCUT2D eigenvalue weighted by Crippen LogP contribution is -1.93. The van der Waals surface area contributed by atoms with Crippen LogP contribution in [0.1, 0.15) is 0 Å². The molecule has 0 amide bonds. The summed E-state index contributed by atoms with van der Waals surface area (Å²) in [5, 5.41) is 2.83. The van der Waals surface area contributed by atoms with Crippen LogP contribution in [0.2, 0.25) is 0 Å². The van der Waals surface area contributed by atoms with Gasteiger partial charge in [0.1, 0.15) is 19.7 Å². The number of rotatable bonds is 0. The third kappa shape index (κ3) is 1.14. The zero-order chi connectivity index (χ0) is 5.98. The van der Waals surface area contributed by atoms with Crippen molar-refractivity contribution in [2.75, 3.05) is 0 Å². The van der Waals surface area contributed by atoms with Crippen LogP contribution in [0, 0.1) is 0 Å². The molecule has 2 unspecified atom stereocenters. The van der Waals surface area contributed by atoms with Gasteiger partial charge in [0.05, 0.1) is 0 Å². The van der Waals surface area contributed by atoms with E-state index in [1.54, 1.807) is 12.2 Å². The van der Waals surface area contributed by atoms with Crippen molar-refractivity contribution in [1.82, 2.24) is 0 Å². The predicted octanol–water partition coefficient (Wildman–Crippen LogP) is 0.440. The van der Waals surface area contributed by atoms with Crippen LogP contribution < -0.4 is 0 Å². The second kappa shape index (κ2) is 2.37. The van der Waals surface area contributed by atoms with E-state index in [0.717, 1.165) is 0 Å². The molecule has 0 aromatic carbocycles. The molecule has 1 rings (SSSR count). The summed E-state index contributed by atoms with van der Waals surface area (Å²) in [6, 6.07) is 0. The van der Waals surface area contributed by atoms with Crippen molar-refractivity contribution in [2.24, 2.45) is 0 Å². The Morgan fingerprint density at radius 1 is 0.875 bits per heavy atom. The zero-order valence-corrected chi connectivity index (χ0v) is 5.58. The molecule has 0 saturated heterocycles. The van der Waals surface area contributed by atoms with Crippen molar-refractivity contribution in [2.45, 2.75) is 0 Å². The van der Waals surface area contributed by atoms with Crippen molar-refractivity contribution >= 4 is 19.7 Å². The molecule has 1 aliphatic heterocycles. The van der Waals surface area contributed by atoms with E-state index in [1.807, 2.05) is 0 Å². The molecule has 2 atom stereocenters. The van der Waals surface area contributed by atoms with E-state index in [-0.39, 0.29) is 0 Å². The quantitative estimate of drug-likeness (QED) is 0.467. The van der Waals surface area contributed by atoms with Crippen LogP contribution in [0.4, 0.5) is 0 Å². The highest BCUT2D eigenvalue weighted by atomic mass is 33.1. The fraction of sp³-hybridized carbons (Fsp3) is 0. The Morgan fingerprint density at radius 3 is 1.50 bits per heavy atom. The highest BCUT2D eigenvalue weighted by molar-refractivity contribution is 8.63. The van der Waals surface area contributed by atoms with Crippen LogP contribution in [0.3, 0.4) is 0 Å². The Labute approximate surface area is 51.6 Å². The van der Waals surface area contributed by atoms with E-state index in [2.05, 4.69) is 0 Å². The van der Waals surface area contributed by atoms with Gasteiger partial charge in [0.15, 0.2) is 0 Å². The van der Waals surface area contributed by atoms with E-state index in [0.29, 0.717) is 0 Å². The number of hydrogen-bond acceptors (Lipinski definition) is 2. The molecule has 0 radical (unpaired) electrons. The molecule has 1 heterocycles. The largest absolute Gasteiger partial charge is 0.240 e. The van der Waals surface area contributed by atoms with Crippen LogP contribution in [0.25, 0.3) is 0 Å². The zero-order valence-electron chi connectivity index (χ0n) is 3.94. The van der Waals surface area contributed by atoms with Crippen molar-refractivity contribution in [1.29, 1.82) is 0 Å². The minimum absolute atomic E-state index is 1.28. The van der Waals surface area contributed by atoms with Crippen LogP contribution in [0.15, 0.2) is 23.0 Å². The van der Waals surface area contributed by atoms with Crippen LogP contribution >= 0.6 is 0 Å². The molecule has 44 valence electrons. The summed E-state index contributed by atoms with van der Waals surface area (Å²) in [5.74, 6) is 0. The van der Waals surface area contributed by atoms with Gasteiger partial charge >= 0.3 is 0 Å². The lowest BCUT2D eigenvalue weighted by molar-refractivity contribution is 0.682. The van der Waals surface area contributed by atoms with Gasteiger partial charge in [-0.05, 0) is 0 Å². The van der Waals surface area contributed by atoms with Gasteiger partial charge in [0.25, 0.3) is 0 Å². The Hall–Kier alpha value is -0.220. The van der Waals surface area contributed by atoms with Gasteiger partial charge in [0, 0.05) is 10.8 Å². The Balaban J connectivity index is 2.89. The average molecular weight is 148 g/mol. The minimum atomic E-state index is -1.28. The maximum Gasteiger partial charge on any atom is 0.140 e. The summed E-state index contributed by atoms with van der Waals surface area (Å²) in [5.41, 5.74) is 0. The normalized spacial score (nSPS) is 35.5. The molecule has 0 saturated carbocycles. The summed E-state index contributed by atoms with van der Waals surface area (Å²) < 4.78 is 20.9. The minimum Gasteiger partial charge on any atom is -0.240 e. The molecule has 4 heteroatoms. The van der Waals surface area contributed by atoms with Crippen molar-refractivity contribution in [3.05, 3.63) is 23.0 Å². The summed E-state index contributed by atoms with van der Waals surface area (Å²) in [4.78, 5) is 0. The third-order valence-corrected chi connectivity index (χ3v) is 3.37. The molecule has 0 N–H and O–H groups in total. The van der Waals surface area contributed by atoms with Gasteiger partial charge in [0.2, 0.25) is 0 Å². The number of hydrogen-bond donors (Lipinski definition) is 0. The second-order valence-electron chi connectivity index (χ2n) is 1.18. The summed E-state index contributed by atoms with van der Waals surface area (Å²) in [6.07, 6.45) is 3.25. The molecule has 2 nitrogen and oxygen atoms in total. The van der Waals surface area contributed by atoms with E-state index < -0.39 is 19.7 Å². The Bertz CT molecular complexity index is 170. The first kappa shape index (κ1) is 5.91. The topological polar surface area (TPSA) is 34.1 Å². The van der Waals surface area contributed by atoms with E-state index in [1.165, 1.54) is 10.8 Å². The van der Waals surface area contributed by atoms with Crippen LogP contribution in [-0.4, -0.2) is 8.42 Å². The smallest absolute Gasteiger partial charge is 0.140 e. The van der Waals surface area contributed by atoms with Crippen molar-refractivity contribution in [3.63, 3.8) is 0 Å². The number of allylic oxidation sites excluding steroid dienone is 2. The van der Waals surface area contributed by atoms with Gasteiger partial charge < -0.3 is 0 Å². The molecule has 0 aromatic heterocycles. The van der Waals surface area contributed by atoms with Crippen molar-refractivity contribution in [3.8, 4) is 0 Å². The molecule has 0 aromatic rings. The SMILES string of the molecule is O=S1C=CC=CS1=O. The van der Waals surface area contributed by atoms with E-state index in [4.69, 9.17) is 0 Å². The highest BCUT2D eigenvalue weighted by Crippen LogP contribution is 2.01. The van der Waals surface area contributed by atoms with Crippen molar-refractivity contribution < 1.29 is 8.42 Å². The van der Waals surface area contributed by atoms with Crippen LogP contribution in [0.5, 0.6) is 0 Å². The molecule has 0 bridgehead atoms. The maximum absolute atomic E-state index is 10.5. The van der Waals surface area contributed by atoms with Crippen LogP contribution in [-0.2, 0) is 19.7 Å². The monoisotopic (exact) mass is 148 g/mol. The van der Waals surface area contributed by atoms with Gasteiger partial charge in [-0.1, -0.05) is 12.2 Å². The summed E-state index contributed by atoms with van der Waals surface area (Å²) >= 11 is 0. The molecule has 0 fully saturated rings. The van der Waals surface area contributed by atoms with E-state index >= 15 is 0 Å². The van der Waals surface area contributed by atoms with Gasteiger partial charge in [-0.3, -0.25) is 0 Å². The Morgan fingerprint density at radius 2 is 1.25 bits per heavy atom. The van der Waals surface area contributed by atoms with Gasteiger partial charge in [-0.15, -0.1) is 0 Å². The second-order valence-corrected chi connectivity index (χ2v) is 4.74. The molecular weight excluding hydrogens is 144 g/mol. The maximum atomic E-state index is 10.5. The lowest BCUT2D eigenvalue weighted by atomic mass is 10.6. The summed E-state index contributed by atoms with van der Waals surface area (Å²) in [7, 11) is -2.56. The molecule has 1 aliphatic rings. The first-order valence-electron chi connectivity index (χ1n) is 1.97. The lowest BCUT2D eigenvalue weighted by Gasteiger charge is -1.91. The third-order valence-electron chi connectivity index (χ3n) is 0.652. The predicted molar refractivity (Wildman–Crippen MR) is 34.6 cm³/mol. The van der Waals surface area contributed by atoms with Gasteiger partial charge in [-0.25, -0.2) is 8.42 Å². The molecule has 0 spiro atoms.